The Morgan fingerprint density at radius 2 is 1.35 bits per heavy atom. The van der Waals surface area contributed by atoms with Crippen molar-refractivity contribution in [2.75, 3.05) is 7.05 Å². The van der Waals surface area contributed by atoms with Gasteiger partial charge in [0.15, 0.2) is 0 Å². The Bertz CT molecular complexity index is 698. The van der Waals surface area contributed by atoms with E-state index >= 15 is 0 Å². The number of carbonyl (C=O) groups is 2. The van der Waals surface area contributed by atoms with E-state index in [4.69, 9.17) is 4.74 Å². The standard InChI is InChI=1S/C21H25NO4/c1-21(2,3)26-20(25)22(4)18(19(23)24)17(15-11-7-5-8-12-15)16-13-9-6-10-14-16/h5-14,17-18H,1-4H3,(H,23,24). The van der Waals surface area contributed by atoms with Crippen molar-refractivity contribution in [1.82, 2.24) is 4.90 Å². The van der Waals surface area contributed by atoms with Gasteiger partial charge in [-0.2, -0.15) is 0 Å². The monoisotopic (exact) mass is 355 g/mol. The molecule has 1 atom stereocenters. The molecular weight excluding hydrogens is 330 g/mol. The number of amides is 1. The lowest BCUT2D eigenvalue weighted by Gasteiger charge is -2.33. The minimum Gasteiger partial charge on any atom is -0.480 e. The third-order valence-corrected chi connectivity index (χ3v) is 3.98. The zero-order chi connectivity index (χ0) is 19.3. The SMILES string of the molecule is CN(C(=O)OC(C)(C)C)C(C(=O)O)C(c1ccccc1)c1ccccc1. The van der Waals surface area contributed by atoms with Crippen molar-refractivity contribution in [2.45, 2.75) is 38.3 Å². The Labute approximate surface area is 154 Å². The van der Waals surface area contributed by atoms with E-state index in [-0.39, 0.29) is 0 Å². The van der Waals surface area contributed by atoms with E-state index < -0.39 is 29.6 Å². The summed E-state index contributed by atoms with van der Waals surface area (Å²) in [6, 6.07) is 17.6. The molecule has 0 aliphatic heterocycles. The number of nitrogens with zero attached hydrogens (tertiary/aromatic N) is 1. The first-order valence-corrected chi connectivity index (χ1v) is 8.49. The summed E-state index contributed by atoms with van der Waals surface area (Å²) in [5, 5.41) is 9.93. The molecule has 1 unspecified atom stereocenters. The summed E-state index contributed by atoms with van der Waals surface area (Å²) in [5.41, 5.74) is 0.937. The number of carboxylic acid groups (broad SMARTS) is 1. The lowest BCUT2D eigenvalue weighted by Crippen LogP contribution is -2.48. The molecular formula is C21H25NO4. The van der Waals surface area contributed by atoms with Crippen molar-refractivity contribution in [1.29, 1.82) is 0 Å². The summed E-state index contributed by atoms with van der Waals surface area (Å²) in [6.07, 6.45) is -0.665. The molecule has 1 N–H and O–H groups in total. The van der Waals surface area contributed by atoms with Gasteiger partial charge in [-0.25, -0.2) is 9.59 Å². The number of benzene rings is 2. The second-order valence-electron chi connectivity index (χ2n) is 7.17. The molecule has 0 saturated heterocycles. The summed E-state index contributed by atoms with van der Waals surface area (Å²) >= 11 is 0. The highest BCUT2D eigenvalue weighted by molar-refractivity contribution is 5.82. The van der Waals surface area contributed by atoms with Crippen LogP contribution in [0.2, 0.25) is 0 Å². The maximum Gasteiger partial charge on any atom is 0.410 e. The molecule has 138 valence electrons. The van der Waals surface area contributed by atoms with Crippen LogP contribution in [-0.4, -0.2) is 40.8 Å². The quantitative estimate of drug-likeness (QED) is 0.875. The first-order chi connectivity index (χ1) is 12.2. The molecule has 0 spiro atoms. The van der Waals surface area contributed by atoms with Crippen molar-refractivity contribution in [3.63, 3.8) is 0 Å². The van der Waals surface area contributed by atoms with Gasteiger partial charge in [-0.1, -0.05) is 60.7 Å². The fraction of sp³-hybridized carbons (Fsp3) is 0.333. The summed E-state index contributed by atoms with van der Waals surface area (Å²) in [5.74, 6) is -1.61. The molecule has 2 rings (SSSR count). The second-order valence-corrected chi connectivity index (χ2v) is 7.17. The minimum absolute atomic E-state index is 0.521. The third-order valence-electron chi connectivity index (χ3n) is 3.98. The minimum atomic E-state index is -1.10. The average molecular weight is 355 g/mol. The van der Waals surface area contributed by atoms with Crippen LogP contribution in [-0.2, 0) is 9.53 Å². The molecule has 5 heteroatoms. The zero-order valence-electron chi connectivity index (χ0n) is 15.5. The highest BCUT2D eigenvalue weighted by atomic mass is 16.6. The summed E-state index contributed by atoms with van der Waals surface area (Å²) in [7, 11) is 1.46. The van der Waals surface area contributed by atoms with Gasteiger partial charge in [0.05, 0.1) is 0 Å². The van der Waals surface area contributed by atoms with E-state index in [2.05, 4.69) is 0 Å². The summed E-state index contributed by atoms with van der Waals surface area (Å²) in [4.78, 5) is 25.8. The number of aliphatic carboxylic acids is 1. The molecule has 2 aromatic rings. The number of hydrogen-bond donors (Lipinski definition) is 1. The molecule has 0 aliphatic rings. The van der Waals surface area contributed by atoms with Gasteiger partial charge < -0.3 is 9.84 Å². The zero-order valence-corrected chi connectivity index (χ0v) is 15.5. The topological polar surface area (TPSA) is 66.8 Å². The van der Waals surface area contributed by atoms with Gasteiger partial charge in [0, 0.05) is 13.0 Å². The van der Waals surface area contributed by atoms with Crippen LogP contribution < -0.4 is 0 Å². The van der Waals surface area contributed by atoms with Crippen LogP contribution in [0, 0.1) is 0 Å². The van der Waals surface area contributed by atoms with Crippen LogP contribution in [0.5, 0.6) is 0 Å². The van der Waals surface area contributed by atoms with Crippen molar-refractivity contribution in [3.8, 4) is 0 Å². The summed E-state index contributed by atoms with van der Waals surface area (Å²) < 4.78 is 5.38. The van der Waals surface area contributed by atoms with Crippen LogP contribution in [0.15, 0.2) is 60.7 Å². The second kappa shape index (κ2) is 8.04. The molecule has 26 heavy (non-hydrogen) atoms. The van der Waals surface area contributed by atoms with Gasteiger partial charge in [0.25, 0.3) is 0 Å². The Hall–Kier alpha value is -2.82. The predicted octanol–water partition coefficient (Wildman–Crippen LogP) is 4.14. The van der Waals surface area contributed by atoms with Crippen molar-refractivity contribution >= 4 is 12.1 Å². The number of hydrogen-bond acceptors (Lipinski definition) is 3. The Kier molecular flexibility index (Phi) is 6.03. The molecule has 1 amide bonds. The molecule has 0 fully saturated rings. The normalized spacial score (nSPS) is 12.5. The summed E-state index contributed by atoms with van der Waals surface area (Å²) in [6.45, 7) is 5.25. The van der Waals surface area contributed by atoms with Crippen molar-refractivity contribution in [2.24, 2.45) is 0 Å². The molecule has 0 aliphatic carbocycles. The number of likely N-dealkylation sites (N-methyl/N-ethyl adjacent to an activating group) is 1. The van der Waals surface area contributed by atoms with Crippen LogP contribution >= 0.6 is 0 Å². The third kappa shape index (κ3) is 4.85. The molecule has 0 saturated carbocycles. The fourth-order valence-electron chi connectivity index (χ4n) is 2.86. The van der Waals surface area contributed by atoms with Crippen molar-refractivity contribution in [3.05, 3.63) is 71.8 Å². The molecule has 0 aromatic heterocycles. The maximum atomic E-state index is 12.5. The smallest absolute Gasteiger partial charge is 0.410 e. The van der Waals surface area contributed by atoms with Gasteiger partial charge in [-0.05, 0) is 31.9 Å². The molecule has 0 bridgehead atoms. The predicted molar refractivity (Wildman–Crippen MR) is 100 cm³/mol. The lowest BCUT2D eigenvalue weighted by molar-refractivity contribution is -0.143. The van der Waals surface area contributed by atoms with E-state index in [1.165, 1.54) is 7.05 Å². The highest BCUT2D eigenvalue weighted by Crippen LogP contribution is 2.31. The number of carbonyl (C=O) groups excluding carboxylic acids is 1. The number of rotatable bonds is 5. The van der Waals surface area contributed by atoms with E-state index in [1.54, 1.807) is 20.8 Å². The van der Waals surface area contributed by atoms with Gasteiger partial charge in [-0.15, -0.1) is 0 Å². The van der Waals surface area contributed by atoms with Gasteiger partial charge in [-0.3, -0.25) is 4.90 Å². The Morgan fingerprint density at radius 3 is 1.69 bits per heavy atom. The van der Waals surface area contributed by atoms with Gasteiger partial charge in [0.1, 0.15) is 11.6 Å². The van der Waals surface area contributed by atoms with Crippen LogP contribution in [0.4, 0.5) is 4.79 Å². The van der Waals surface area contributed by atoms with E-state index in [9.17, 15) is 14.7 Å². The van der Waals surface area contributed by atoms with Crippen LogP contribution in [0.1, 0.15) is 37.8 Å². The first kappa shape index (κ1) is 19.5. The Morgan fingerprint density at radius 1 is 0.923 bits per heavy atom. The van der Waals surface area contributed by atoms with Gasteiger partial charge >= 0.3 is 12.1 Å². The van der Waals surface area contributed by atoms with E-state index in [1.807, 2.05) is 60.7 Å². The molecule has 5 nitrogen and oxygen atoms in total. The first-order valence-electron chi connectivity index (χ1n) is 8.49. The molecule has 0 heterocycles. The maximum absolute atomic E-state index is 12.5. The largest absolute Gasteiger partial charge is 0.480 e. The average Bonchev–Trinajstić information content (AvgIpc) is 2.58. The Balaban J connectivity index is 2.48. The number of carboxylic acids is 1. The van der Waals surface area contributed by atoms with E-state index in [0.29, 0.717) is 0 Å². The lowest BCUT2D eigenvalue weighted by atomic mass is 9.84. The fourth-order valence-corrected chi connectivity index (χ4v) is 2.86. The van der Waals surface area contributed by atoms with E-state index in [0.717, 1.165) is 16.0 Å². The number of ether oxygens (including phenoxy) is 1. The van der Waals surface area contributed by atoms with Gasteiger partial charge in [0.2, 0.25) is 0 Å². The molecule has 0 radical (unpaired) electrons. The van der Waals surface area contributed by atoms with Crippen LogP contribution in [0.25, 0.3) is 0 Å². The van der Waals surface area contributed by atoms with Crippen molar-refractivity contribution < 1.29 is 19.4 Å². The van der Waals surface area contributed by atoms with Crippen LogP contribution in [0.3, 0.4) is 0 Å². The highest BCUT2D eigenvalue weighted by Gasteiger charge is 2.38. The molecule has 2 aromatic carbocycles.